The number of nitrogens with one attached hydrogen (secondary N) is 1. The van der Waals surface area contributed by atoms with Crippen LogP contribution in [0.25, 0.3) is 0 Å². The van der Waals surface area contributed by atoms with Crippen LogP contribution in [-0.2, 0) is 17.9 Å². The Balaban J connectivity index is 1.58. The highest BCUT2D eigenvalue weighted by Gasteiger charge is 2.10. The van der Waals surface area contributed by atoms with E-state index in [9.17, 15) is 4.79 Å². The molecule has 0 saturated carbocycles. The third kappa shape index (κ3) is 6.00. The van der Waals surface area contributed by atoms with E-state index in [0.29, 0.717) is 19.5 Å². The van der Waals surface area contributed by atoms with E-state index in [-0.39, 0.29) is 5.91 Å². The van der Waals surface area contributed by atoms with Crippen LogP contribution in [0, 0.1) is 6.92 Å². The molecular weight excluding hydrogens is 332 g/mol. The lowest BCUT2D eigenvalue weighted by molar-refractivity contribution is -0.121. The fraction of sp³-hybridized carbons (Fsp3) is 0.208. The molecule has 0 aliphatic heterocycles. The van der Waals surface area contributed by atoms with Crippen molar-refractivity contribution in [3.63, 3.8) is 0 Å². The SMILES string of the molecule is Cc1cccc(CNC(=O)CCN(Cc2ccccc2)c2ccccc2)c1. The molecule has 0 spiro atoms. The average molecular weight is 358 g/mol. The number of carbonyl (C=O) groups excluding carboxylic acids is 1. The van der Waals surface area contributed by atoms with Crippen molar-refractivity contribution in [2.75, 3.05) is 11.4 Å². The second kappa shape index (κ2) is 9.58. The first-order valence-corrected chi connectivity index (χ1v) is 9.37. The summed E-state index contributed by atoms with van der Waals surface area (Å²) in [5.41, 5.74) is 4.71. The lowest BCUT2D eigenvalue weighted by Gasteiger charge is -2.25. The predicted molar refractivity (Wildman–Crippen MR) is 112 cm³/mol. The van der Waals surface area contributed by atoms with Crippen molar-refractivity contribution >= 4 is 11.6 Å². The first-order chi connectivity index (χ1) is 13.2. The zero-order valence-corrected chi connectivity index (χ0v) is 15.8. The maximum Gasteiger partial charge on any atom is 0.222 e. The van der Waals surface area contributed by atoms with Crippen LogP contribution in [0.1, 0.15) is 23.1 Å². The third-order valence-corrected chi connectivity index (χ3v) is 4.52. The minimum absolute atomic E-state index is 0.0745. The molecule has 3 aromatic carbocycles. The summed E-state index contributed by atoms with van der Waals surface area (Å²) in [5.74, 6) is 0.0745. The number of carbonyl (C=O) groups is 1. The Labute approximate surface area is 161 Å². The van der Waals surface area contributed by atoms with E-state index in [0.717, 1.165) is 17.8 Å². The van der Waals surface area contributed by atoms with Gasteiger partial charge in [0.05, 0.1) is 0 Å². The molecule has 0 heterocycles. The van der Waals surface area contributed by atoms with Crippen molar-refractivity contribution in [3.8, 4) is 0 Å². The summed E-state index contributed by atoms with van der Waals surface area (Å²) in [7, 11) is 0. The number of para-hydroxylation sites is 1. The molecule has 1 N–H and O–H groups in total. The fourth-order valence-electron chi connectivity index (χ4n) is 3.09. The fourth-order valence-corrected chi connectivity index (χ4v) is 3.09. The molecule has 3 aromatic rings. The maximum atomic E-state index is 12.4. The van der Waals surface area contributed by atoms with Crippen LogP contribution in [0.5, 0.6) is 0 Å². The van der Waals surface area contributed by atoms with E-state index in [1.165, 1.54) is 11.1 Å². The van der Waals surface area contributed by atoms with Crippen LogP contribution in [0.3, 0.4) is 0 Å². The molecule has 0 aromatic heterocycles. The number of hydrogen-bond donors (Lipinski definition) is 1. The van der Waals surface area contributed by atoms with Gasteiger partial charge in [-0.05, 0) is 30.2 Å². The average Bonchev–Trinajstić information content (AvgIpc) is 2.71. The third-order valence-electron chi connectivity index (χ3n) is 4.52. The highest BCUT2D eigenvalue weighted by atomic mass is 16.1. The molecular formula is C24H26N2O. The van der Waals surface area contributed by atoms with Gasteiger partial charge in [-0.15, -0.1) is 0 Å². The molecule has 3 nitrogen and oxygen atoms in total. The molecule has 0 unspecified atom stereocenters. The van der Waals surface area contributed by atoms with E-state index < -0.39 is 0 Å². The van der Waals surface area contributed by atoms with Crippen LogP contribution in [0.2, 0.25) is 0 Å². The van der Waals surface area contributed by atoms with E-state index in [1.807, 2.05) is 48.5 Å². The first kappa shape index (κ1) is 18.7. The van der Waals surface area contributed by atoms with Crippen molar-refractivity contribution in [1.82, 2.24) is 5.32 Å². The Bertz CT molecular complexity index is 847. The Kier molecular flexibility index (Phi) is 6.64. The van der Waals surface area contributed by atoms with Crippen molar-refractivity contribution in [1.29, 1.82) is 0 Å². The largest absolute Gasteiger partial charge is 0.367 e. The monoisotopic (exact) mass is 358 g/mol. The highest BCUT2D eigenvalue weighted by Crippen LogP contribution is 2.17. The number of anilines is 1. The number of benzene rings is 3. The molecule has 0 fully saturated rings. The van der Waals surface area contributed by atoms with Gasteiger partial charge >= 0.3 is 0 Å². The van der Waals surface area contributed by atoms with E-state index >= 15 is 0 Å². The van der Waals surface area contributed by atoms with Gasteiger partial charge in [-0.1, -0.05) is 78.4 Å². The van der Waals surface area contributed by atoms with E-state index in [2.05, 4.69) is 53.5 Å². The number of nitrogens with zero attached hydrogens (tertiary/aromatic N) is 1. The van der Waals surface area contributed by atoms with Gasteiger partial charge in [-0.2, -0.15) is 0 Å². The minimum atomic E-state index is 0.0745. The molecule has 0 atom stereocenters. The van der Waals surface area contributed by atoms with Crippen LogP contribution in [0.15, 0.2) is 84.9 Å². The van der Waals surface area contributed by atoms with Gasteiger partial charge in [0.15, 0.2) is 0 Å². The van der Waals surface area contributed by atoms with Crippen molar-refractivity contribution in [3.05, 3.63) is 102 Å². The molecule has 3 heteroatoms. The standard InChI is InChI=1S/C24H26N2O/c1-20-9-8-12-22(17-20)18-25-24(27)15-16-26(23-13-6-3-7-14-23)19-21-10-4-2-5-11-21/h2-14,17H,15-16,18-19H2,1H3,(H,25,27). The molecule has 27 heavy (non-hydrogen) atoms. The van der Waals surface area contributed by atoms with Crippen LogP contribution < -0.4 is 10.2 Å². The summed E-state index contributed by atoms with van der Waals surface area (Å²) >= 11 is 0. The number of aryl methyl sites for hydroxylation is 1. The van der Waals surface area contributed by atoms with Crippen LogP contribution >= 0.6 is 0 Å². The van der Waals surface area contributed by atoms with Gasteiger partial charge < -0.3 is 10.2 Å². The summed E-state index contributed by atoms with van der Waals surface area (Å²) in [6.45, 7) is 4.10. The van der Waals surface area contributed by atoms with Crippen molar-refractivity contribution in [2.24, 2.45) is 0 Å². The van der Waals surface area contributed by atoms with Gasteiger partial charge in [0.1, 0.15) is 0 Å². The van der Waals surface area contributed by atoms with E-state index in [4.69, 9.17) is 0 Å². The molecule has 0 saturated heterocycles. The van der Waals surface area contributed by atoms with Crippen molar-refractivity contribution < 1.29 is 4.79 Å². The Morgan fingerprint density at radius 1 is 0.852 bits per heavy atom. The van der Waals surface area contributed by atoms with E-state index in [1.54, 1.807) is 0 Å². The quantitative estimate of drug-likeness (QED) is 0.632. The molecule has 138 valence electrons. The molecule has 0 bridgehead atoms. The summed E-state index contributed by atoms with van der Waals surface area (Å²) in [4.78, 5) is 14.6. The maximum absolute atomic E-state index is 12.4. The van der Waals surface area contributed by atoms with Gasteiger partial charge in [0.2, 0.25) is 5.91 Å². The Morgan fingerprint density at radius 2 is 1.52 bits per heavy atom. The Morgan fingerprint density at radius 3 is 2.22 bits per heavy atom. The molecule has 1 amide bonds. The van der Waals surface area contributed by atoms with Gasteiger partial charge in [-0.25, -0.2) is 0 Å². The molecule has 0 aliphatic rings. The highest BCUT2D eigenvalue weighted by molar-refractivity contribution is 5.76. The molecule has 0 radical (unpaired) electrons. The second-order valence-corrected chi connectivity index (χ2v) is 6.76. The second-order valence-electron chi connectivity index (χ2n) is 6.76. The predicted octanol–water partition coefficient (Wildman–Crippen LogP) is 4.71. The Hall–Kier alpha value is -3.07. The number of rotatable bonds is 8. The first-order valence-electron chi connectivity index (χ1n) is 9.37. The summed E-state index contributed by atoms with van der Waals surface area (Å²) in [6, 6.07) is 28.8. The zero-order chi connectivity index (χ0) is 18.9. The number of hydrogen-bond acceptors (Lipinski definition) is 2. The summed E-state index contributed by atoms with van der Waals surface area (Å²) in [6.07, 6.45) is 0.466. The van der Waals surface area contributed by atoms with Gasteiger partial charge in [0.25, 0.3) is 0 Å². The lowest BCUT2D eigenvalue weighted by atomic mass is 10.1. The van der Waals surface area contributed by atoms with Crippen LogP contribution in [-0.4, -0.2) is 12.5 Å². The normalized spacial score (nSPS) is 10.4. The minimum Gasteiger partial charge on any atom is -0.367 e. The molecule has 0 aliphatic carbocycles. The van der Waals surface area contributed by atoms with Crippen molar-refractivity contribution in [2.45, 2.75) is 26.4 Å². The zero-order valence-electron chi connectivity index (χ0n) is 15.8. The van der Waals surface area contributed by atoms with Gasteiger partial charge in [0, 0.05) is 31.7 Å². The topological polar surface area (TPSA) is 32.3 Å². The smallest absolute Gasteiger partial charge is 0.222 e. The summed E-state index contributed by atoms with van der Waals surface area (Å²) < 4.78 is 0. The molecule has 3 rings (SSSR count). The van der Waals surface area contributed by atoms with Gasteiger partial charge in [-0.3, -0.25) is 4.79 Å². The lowest BCUT2D eigenvalue weighted by Crippen LogP contribution is -2.30. The van der Waals surface area contributed by atoms with Crippen LogP contribution in [0.4, 0.5) is 5.69 Å². The number of amides is 1. The summed E-state index contributed by atoms with van der Waals surface area (Å²) in [5, 5.41) is 3.03.